The average Bonchev–Trinajstić information content (AvgIpc) is 3.14. The molecule has 1 N–H and O–H groups in total. The molecule has 1 aromatic carbocycles. The predicted octanol–water partition coefficient (Wildman–Crippen LogP) is 2.93. The van der Waals surface area contributed by atoms with E-state index in [1.54, 1.807) is 12.1 Å². The number of carbonyl (C=O) groups is 1. The number of hydrogen-bond donors (Lipinski definition) is 1. The molecule has 1 amide bonds. The lowest BCUT2D eigenvalue weighted by Crippen LogP contribution is -2.42. The van der Waals surface area contributed by atoms with Gasteiger partial charge in [-0.1, -0.05) is 19.3 Å². The van der Waals surface area contributed by atoms with Crippen molar-refractivity contribution in [3.63, 3.8) is 0 Å². The minimum atomic E-state index is -3.71. The zero-order chi connectivity index (χ0) is 18.7. The third-order valence-corrected chi connectivity index (χ3v) is 7.48. The fraction of sp³-hybridized carbons (Fsp3) is 0.632. The molecule has 2 aliphatic rings. The fourth-order valence-electron chi connectivity index (χ4n) is 3.91. The second-order valence-corrected chi connectivity index (χ2v) is 9.14. The van der Waals surface area contributed by atoms with E-state index in [2.05, 4.69) is 5.32 Å². The quantitative estimate of drug-likeness (QED) is 0.852. The van der Waals surface area contributed by atoms with Crippen LogP contribution in [0.5, 0.6) is 5.75 Å². The molecule has 0 spiro atoms. The summed E-state index contributed by atoms with van der Waals surface area (Å²) in [6.07, 6.45) is 6.96. The smallest absolute Gasteiger partial charge is 0.251 e. The molecule has 1 aliphatic heterocycles. The summed E-state index contributed by atoms with van der Waals surface area (Å²) in [5.41, 5.74) is 0.362. The molecule has 6 nitrogen and oxygen atoms in total. The van der Waals surface area contributed by atoms with Gasteiger partial charge >= 0.3 is 0 Å². The van der Waals surface area contributed by atoms with E-state index in [-0.39, 0.29) is 28.6 Å². The van der Waals surface area contributed by atoms with Crippen molar-refractivity contribution in [3.05, 3.63) is 23.8 Å². The third-order valence-electron chi connectivity index (χ3n) is 5.44. The van der Waals surface area contributed by atoms with E-state index < -0.39 is 10.0 Å². The first kappa shape index (κ1) is 19.2. The van der Waals surface area contributed by atoms with Gasteiger partial charge in [0.1, 0.15) is 10.6 Å². The first-order chi connectivity index (χ1) is 12.4. The third kappa shape index (κ3) is 3.88. The van der Waals surface area contributed by atoms with Crippen molar-refractivity contribution in [1.29, 1.82) is 0 Å². The number of hydrogen-bond acceptors (Lipinski definition) is 4. The van der Waals surface area contributed by atoms with E-state index in [0.717, 1.165) is 44.9 Å². The molecule has 0 radical (unpaired) electrons. The van der Waals surface area contributed by atoms with E-state index in [1.165, 1.54) is 17.5 Å². The number of sulfonamides is 1. The first-order valence-electron chi connectivity index (χ1n) is 9.44. The van der Waals surface area contributed by atoms with Gasteiger partial charge in [0.2, 0.25) is 10.0 Å². The normalized spacial score (nSPS) is 22.3. The van der Waals surface area contributed by atoms with Gasteiger partial charge in [-0.05, 0) is 50.8 Å². The predicted molar refractivity (Wildman–Crippen MR) is 99.9 cm³/mol. The van der Waals surface area contributed by atoms with Crippen molar-refractivity contribution < 1.29 is 17.9 Å². The minimum Gasteiger partial charge on any atom is -0.495 e. The van der Waals surface area contributed by atoms with Gasteiger partial charge in [-0.3, -0.25) is 4.79 Å². The topological polar surface area (TPSA) is 75.7 Å². The van der Waals surface area contributed by atoms with E-state index in [4.69, 9.17) is 4.74 Å². The summed E-state index contributed by atoms with van der Waals surface area (Å²) in [6.45, 7) is 2.44. The van der Waals surface area contributed by atoms with Gasteiger partial charge in [-0.25, -0.2) is 8.42 Å². The summed E-state index contributed by atoms with van der Waals surface area (Å²) < 4.78 is 33.2. The van der Waals surface area contributed by atoms with Crippen LogP contribution in [-0.4, -0.2) is 44.4 Å². The van der Waals surface area contributed by atoms with Crippen LogP contribution in [0.1, 0.15) is 62.2 Å². The highest BCUT2D eigenvalue weighted by Gasteiger charge is 2.33. The molecule has 26 heavy (non-hydrogen) atoms. The summed E-state index contributed by atoms with van der Waals surface area (Å²) >= 11 is 0. The average molecular weight is 381 g/mol. The maximum atomic E-state index is 13.2. The number of nitrogens with zero attached hydrogens (tertiary/aromatic N) is 1. The first-order valence-corrected chi connectivity index (χ1v) is 10.9. The van der Waals surface area contributed by atoms with Crippen LogP contribution in [0.2, 0.25) is 0 Å². The van der Waals surface area contributed by atoms with Crippen molar-refractivity contribution >= 4 is 15.9 Å². The van der Waals surface area contributed by atoms with E-state index in [9.17, 15) is 13.2 Å². The molecule has 144 valence electrons. The lowest BCUT2D eigenvalue weighted by molar-refractivity contribution is 0.0937. The highest BCUT2D eigenvalue weighted by molar-refractivity contribution is 7.89. The molecule has 1 heterocycles. The van der Waals surface area contributed by atoms with Gasteiger partial charge in [-0.2, -0.15) is 4.31 Å². The van der Waals surface area contributed by atoms with Crippen LogP contribution in [0.3, 0.4) is 0 Å². The van der Waals surface area contributed by atoms with Crippen molar-refractivity contribution in [3.8, 4) is 5.75 Å². The van der Waals surface area contributed by atoms with Gasteiger partial charge in [0.15, 0.2) is 0 Å². The zero-order valence-corrected chi connectivity index (χ0v) is 16.3. The van der Waals surface area contributed by atoms with Crippen LogP contribution in [-0.2, 0) is 10.0 Å². The van der Waals surface area contributed by atoms with Gasteiger partial charge in [0, 0.05) is 24.2 Å². The summed E-state index contributed by atoms with van der Waals surface area (Å²) in [5, 5.41) is 3.01. The lowest BCUT2D eigenvalue weighted by Gasteiger charge is -2.32. The summed E-state index contributed by atoms with van der Waals surface area (Å²) in [7, 11) is -2.26. The number of amides is 1. The summed E-state index contributed by atoms with van der Waals surface area (Å²) in [4.78, 5) is 12.6. The number of carbonyl (C=O) groups excluding carboxylic acids is 1. The molecular formula is C19H28N2O4S. The summed E-state index contributed by atoms with van der Waals surface area (Å²) in [6, 6.07) is 4.80. The Morgan fingerprint density at radius 3 is 2.50 bits per heavy atom. The molecule has 0 aromatic heterocycles. The Morgan fingerprint density at radius 1 is 1.15 bits per heavy atom. The molecule has 1 aromatic rings. The second kappa shape index (κ2) is 7.96. The molecular weight excluding hydrogens is 352 g/mol. The van der Waals surface area contributed by atoms with E-state index >= 15 is 0 Å². The van der Waals surface area contributed by atoms with Crippen molar-refractivity contribution in [2.75, 3.05) is 13.7 Å². The van der Waals surface area contributed by atoms with Gasteiger partial charge in [0.05, 0.1) is 7.11 Å². The molecule has 1 atom stereocenters. The van der Waals surface area contributed by atoms with Crippen LogP contribution >= 0.6 is 0 Å². The Bertz CT molecular complexity index is 757. The Kier molecular flexibility index (Phi) is 5.87. The number of piperidine rings is 1. The Balaban J connectivity index is 1.90. The number of benzene rings is 1. The minimum absolute atomic E-state index is 0.0468. The Hall–Kier alpha value is -1.60. The zero-order valence-electron chi connectivity index (χ0n) is 15.5. The van der Waals surface area contributed by atoms with Crippen molar-refractivity contribution in [2.45, 2.75) is 68.8 Å². The maximum absolute atomic E-state index is 13.2. The van der Waals surface area contributed by atoms with Gasteiger partial charge in [-0.15, -0.1) is 0 Å². The standard InChI is InChI=1S/C19H28N2O4S/c1-14-7-5-6-12-21(14)26(23,24)18-13-15(10-11-17(18)25-2)19(22)20-16-8-3-4-9-16/h10-11,13-14,16H,3-9,12H2,1-2H3,(H,20,22)/t14-/m0/s1. The highest BCUT2D eigenvalue weighted by Crippen LogP contribution is 2.31. The van der Waals surface area contributed by atoms with Crippen LogP contribution in [0, 0.1) is 0 Å². The molecule has 1 saturated heterocycles. The number of rotatable bonds is 5. The van der Waals surface area contributed by atoms with Gasteiger partial charge < -0.3 is 10.1 Å². The fourth-order valence-corrected chi connectivity index (χ4v) is 5.80. The maximum Gasteiger partial charge on any atom is 0.251 e. The van der Waals surface area contributed by atoms with E-state index in [0.29, 0.717) is 12.1 Å². The van der Waals surface area contributed by atoms with Crippen LogP contribution in [0.25, 0.3) is 0 Å². The molecule has 3 rings (SSSR count). The largest absolute Gasteiger partial charge is 0.495 e. The lowest BCUT2D eigenvalue weighted by atomic mass is 10.1. The Morgan fingerprint density at radius 2 is 1.85 bits per heavy atom. The van der Waals surface area contributed by atoms with Crippen molar-refractivity contribution in [2.24, 2.45) is 0 Å². The Labute approximate surface area is 156 Å². The molecule has 0 bridgehead atoms. The molecule has 2 fully saturated rings. The van der Waals surface area contributed by atoms with Crippen LogP contribution in [0.4, 0.5) is 0 Å². The van der Waals surface area contributed by atoms with E-state index in [1.807, 2.05) is 6.92 Å². The monoisotopic (exact) mass is 380 g/mol. The molecule has 1 saturated carbocycles. The number of nitrogens with one attached hydrogen (secondary N) is 1. The highest BCUT2D eigenvalue weighted by atomic mass is 32.2. The second-order valence-electron chi connectivity index (χ2n) is 7.28. The van der Waals surface area contributed by atoms with Crippen LogP contribution < -0.4 is 10.1 Å². The molecule has 1 aliphatic carbocycles. The summed E-state index contributed by atoms with van der Waals surface area (Å²) in [5.74, 6) is 0.0582. The number of ether oxygens (including phenoxy) is 1. The van der Waals surface area contributed by atoms with Gasteiger partial charge in [0.25, 0.3) is 5.91 Å². The van der Waals surface area contributed by atoms with Crippen LogP contribution in [0.15, 0.2) is 23.1 Å². The molecule has 7 heteroatoms. The van der Waals surface area contributed by atoms with Crippen molar-refractivity contribution in [1.82, 2.24) is 9.62 Å². The molecule has 0 unspecified atom stereocenters. The number of methoxy groups -OCH3 is 1. The SMILES string of the molecule is COc1ccc(C(=O)NC2CCCC2)cc1S(=O)(=O)N1CCCC[C@@H]1C.